The predicted octanol–water partition coefficient (Wildman–Crippen LogP) is 3.43. The molecule has 0 bridgehead atoms. The third-order valence-corrected chi connectivity index (χ3v) is 3.92. The van der Waals surface area contributed by atoms with E-state index in [9.17, 15) is 4.79 Å². The van der Waals surface area contributed by atoms with E-state index in [0.29, 0.717) is 10.9 Å². The number of hydrogen-bond acceptors (Lipinski definition) is 3. The molecule has 2 rings (SSSR count). The predicted molar refractivity (Wildman–Crippen MR) is 83.2 cm³/mol. The van der Waals surface area contributed by atoms with Crippen molar-refractivity contribution in [1.82, 2.24) is 5.43 Å². The van der Waals surface area contributed by atoms with E-state index in [0.717, 1.165) is 24.2 Å². The van der Waals surface area contributed by atoms with Gasteiger partial charge in [0.25, 0.3) is 5.91 Å². The van der Waals surface area contributed by atoms with E-state index in [1.54, 1.807) is 6.07 Å². The van der Waals surface area contributed by atoms with Crippen molar-refractivity contribution in [2.45, 2.75) is 32.6 Å². The molecule has 108 valence electrons. The summed E-state index contributed by atoms with van der Waals surface area (Å²) in [5.74, 6) is 0.381. The molecule has 0 heterocycles. The molecule has 0 aliphatic heterocycles. The van der Waals surface area contributed by atoms with Crippen LogP contribution >= 0.6 is 11.6 Å². The molecule has 0 radical (unpaired) electrons. The summed E-state index contributed by atoms with van der Waals surface area (Å²) in [4.78, 5) is 11.8. The van der Waals surface area contributed by atoms with Gasteiger partial charge in [0.15, 0.2) is 0 Å². The zero-order valence-electron chi connectivity index (χ0n) is 11.7. The molecule has 1 aliphatic carbocycles. The minimum absolute atomic E-state index is 0.154. The Kier molecular flexibility index (Phi) is 5.41. The molecule has 1 aliphatic rings. The Bertz CT molecular complexity index is 502. The molecule has 1 fully saturated rings. The summed E-state index contributed by atoms with van der Waals surface area (Å²) in [7, 11) is 0. The zero-order valence-corrected chi connectivity index (χ0v) is 12.4. The molecule has 0 unspecified atom stereocenters. The van der Waals surface area contributed by atoms with Gasteiger partial charge in [0.05, 0.1) is 17.3 Å². The van der Waals surface area contributed by atoms with Crippen LogP contribution in [0.3, 0.4) is 0 Å². The number of halogens is 1. The van der Waals surface area contributed by atoms with Gasteiger partial charge in [0.2, 0.25) is 0 Å². The molecule has 4 nitrogen and oxygen atoms in total. The molecule has 1 atom stereocenters. The Hall–Kier alpha value is -1.55. The number of rotatable bonds is 5. The van der Waals surface area contributed by atoms with Crippen molar-refractivity contribution in [3.8, 4) is 0 Å². The lowest BCUT2D eigenvalue weighted by Gasteiger charge is -2.09. The fraction of sp³-hybridized carbons (Fsp3) is 0.467. The van der Waals surface area contributed by atoms with Gasteiger partial charge in [-0.05, 0) is 43.7 Å². The fourth-order valence-corrected chi connectivity index (χ4v) is 2.64. The van der Waals surface area contributed by atoms with Crippen molar-refractivity contribution < 1.29 is 4.79 Å². The van der Waals surface area contributed by atoms with E-state index in [1.807, 2.05) is 18.2 Å². The highest BCUT2D eigenvalue weighted by Gasteiger charge is 2.20. The molecule has 0 saturated heterocycles. The van der Waals surface area contributed by atoms with Crippen LogP contribution in [0.2, 0.25) is 5.02 Å². The second-order valence-corrected chi connectivity index (χ2v) is 5.38. The van der Waals surface area contributed by atoms with Gasteiger partial charge in [-0.2, -0.15) is 5.10 Å². The quantitative estimate of drug-likeness (QED) is 0.817. The van der Waals surface area contributed by atoms with Gasteiger partial charge in [-0.3, -0.25) is 4.79 Å². The van der Waals surface area contributed by atoms with Crippen molar-refractivity contribution >= 4 is 28.9 Å². The summed E-state index contributed by atoms with van der Waals surface area (Å²) in [6.07, 6.45) is 4.44. The maximum atomic E-state index is 11.8. The van der Waals surface area contributed by atoms with Crippen molar-refractivity contribution in [2.24, 2.45) is 11.0 Å². The minimum atomic E-state index is -0.154. The lowest BCUT2D eigenvalue weighted by atomic mass is 10.0. The molecule has 5 heteroatoms. The van der Waals surface area contributed by atoms with Crippen LogP contribution in [0.25, 0.3) is 0 Å². The molecule has 1 aromatic carbocycles. The van der Waals surface area contributed by atoms with Gasteiger partial charge in [0.1, 0.15) is 0 Å². The summed E-state index contributed by atoms with van der Waals surface area (Å²) < 4.78 is 0. The van der Waals surface area contributed by atoms with Crippen molar-refractivity contribution in [3.63, 3.8) is 0 Å². The van der Waals surface area contributed by atoms with E-state index < -0.39 is 0 Å². The van der Waals surface area contributed by atoms with Gasteiger partial charge in [-0.15, -0.1) is 0 Å². The third-order valence-electron chi connectivity index (χ3n) is 3.59. The highest BCUT2D eigenvalue weighted by atomic mass is 35.5. The summed E-state index contributed by atoms with van der Waals surface area (Å²) in [6, 6.07) is 7.35. The van der Waals surface area contributed by atoms with Crippen molar-refractivity contribution in [1.29, 1.82) is 0 Å². The second-order valence-electron chi connectivity index (χ2n) is 4.97. The normalized spacial score (nSPS) is 20.1. The topological polar surface area (TPSA) is 53.5 Å². The van der Waals surface area contributed by atoms with Crippen LogP contribution in [0.5, 0.6) is 0 Å². The van der Waals surface area contributed by atoms with E-state index in [2.05, 4.69) is 22.8 Å². The summed E-state index contributed by atoms with van der Waals surface area (Å²) in [5, 5.41) is 7.86. The minimum Gasteiger partial charge on any atom is -0.375 e. The molecule has 20 heavy (non-hydrogen) atoms. The molecule has 1 amide bonds. The SMILES string of the molecule is CC[C@H]1CCC/C1=N/NC(=O)CNc1ccccc1Cl. The summed E-state index contributed by atoms with van der Waals surface area (Å²) in [5.41, 5.74) is 4.50. The Balaban J connectivity index is 1.81. The molecule has 1 aromatic rings. The number of hydrazone groups is 1. The van der Waals surface area contributed by atoms with Crippen LogP contribution in [-0.2, 0) is 4.79 Å². The molecule has 0 aromatic heterocycles. The molecular weight excluding hydrogens is 274 g/mol. The number of hydrogen-bond donors (Lipinski definition) is 2. The molecular formula is C15H20ClN3O. The van der Waals surface area contributed by atoms with Crippen LogP contribution in [0.15, 0.2) is 29.4 Å². The Morgan fingerprint density at radius 3 is 3.00 bits per heavy atom. The third kappa shape index (κ3) is 3.97. The lowest BCUT2D eigenvalue weighted by Crippen LogP contribution is -2.27. The van der Waals surface area contributed by atoms with E-state index in [-0.39, 0.29) is 12.5 Å². The van der Waals surface area contributed by atoms with Gasteiger partial charge in [0, 0.05) is 5.71 Å². The molecule has 1 saturated carbocycles. The first-order valence-electron chi connectivity index (χ1n) is 7.04. The Morgan fingerprint density at radius 2 is 2.25 bits per heavy atom. The largest absolute Gasteiger partial charge is 0.375 e. The lowest BCUT2D eigenvalue weighted by molar-refractivity contribution is -0.119. The molecule has 2 N–H and O–H groups in total. The van der Waals surface area contributed by atoms with Gasteiger partial charge >= 0.3 is 0 Å². The van der Waals surface area contributed by atoms with Crippen molar-refractivity contribution in [2.75, 3.05) is 11.9 Å². The van der Waals surface area contributed by atoms with Crippen LogP contribution in [0.4, 0.5) is 5.69 Å². The Morgan fingerprint density at radius 1 is 1.45 bits per heavy atom. The van der Waals surface area contributed by atoms with Crippen LogP contribution in [-0.4, -0.2) is 18.2 Å². The maximum absolute atomic E-state index is 11.8. The maximum Gasteiger partial charge on any atom is 0.259 e. The number of nitrogens with zero attached hydrogens (tertiary/aromatic N) is 1. The first-order valence-corrected chi connectivity index (χ1v) is 7.42. The molecule has 0 spiro atoms. The number of para-hydroxylation sites is 1. The second kappa shape index (κ2) is 7.29. The summed E-state index contributed by atoms with van der Waals surface area (Å²) >= 11 is 6.00. The van der Waals surface area contributed by atoms with E-state index in [1.165, 1.54) is 12.8 Å². The smallest absolute Gasteiger partial charge is 0.259 e. The standard InChI is InChI=1S/C15H20ClN3O/c1-2-11-6-5-9-13(11)18-19-15(20)10-17-14-8-4-3-7-12(14)16/h3-4,7-8,11,17H,2,5-6,9-10H2,1H3,(H,19,20)/b18-13-/t11-/m0/s1. The number of carbonyl (C=O) groups excluding carboxylic acids is 1. The van der Waals surface area contributed by atoms with E-state index >= 15 is 0 Å². The number of benzene rings is 1. The van der Waals surface area contributed by atoms with Crippen molar-refractivity contribution in [3.05, 3.63) is 29.3 Å². The van der Waals surface area contributed by atoms with Crippen LogP contribution in [0.1, 0.15) is 32.6 Å². The number of anilines is 1. The average Bonchev–Trinajstić information content (AvgIpc) is 2.91. The highest BCUT2D eigenvalue weighted by molar-refractivity contribution is 6.33. The zero-order chi connectivity index (χ0) is 14.4. The van der Waals surface area contributed by atoms with Crippen LogP contribution < -0.4 is 10.7 Å². The van der Waals surface area contributed by atoms with Gasteiger partial charge in [-0.25, -0.2) is 5.43 Å². The monoisotopic (exact) mass is 293 g/mol. The van der Waals surface area contributed by atoms with Crippen LogP contribution in [0, 0.1) is 5.92 Å². The fourth-order valence-electron chi connectivity index (χ4n) is 2.44. The average molecular weight is 294 g/mol. The number of amides is 1. The van der Waals surface area contributed by atoms with E-state index in [4.69, 9.17) is 11.6 Å². The Labute approximate surface area is 124 Å². The number of carbonyl (C=O) groups is 1. The van der Waals surface area contributed by atoms with Gasteiger partial charge in [-0.1, -0.05) is 30.7 Å². The first kappa shape index (κ1) is 14.9. The number of nitrogens with one attached hydrogen (secondary N) is 2. The highest BCUT2D eigenvalue weighted by Crippen LogP contribution is 2.24. The first-order chi connectivity index (χ1) is 9.70. The summed E-state index contributed by atoms with van der Waals surface area (Å²) in [6.45, 7) is 2.32. The van der Waals surface area contributed by atoms with Gasteiger partial charge < -0.3 is 5.32 Å².